The summed E-state index contributed by atoms with van der Waals surface area (Å²) in [5.74, 6) is -1.90. The van der Waals surface area contributed by atoms with Crippen molar-refractivity contribution in [2.24, 2.45) is 0 Å². The molecule has 1 unspecified atom stereocenters. The van der Waals surface area contributed by atoms with Crippen LogP contribution in [0.25, 0.3) is 0 Å². The third-order valence-electron chi connectivity index (χ3n) is 2.26. The van der Waals surface area contributed by atoms with E-state index in [0.29, 0.717) is 0 Å². The fourth-order valence-electron chi connectivity index (χ4n) is 1.45. The van der Waals surface area contributed by atoms with Gasteiger partial charge in [0.25, 0.3) is 0 Å². The van der Waals surface area contributed by atoms with E-state index in [1.54, 1.807) is 0 Å². The maximum atomic E-state index is 9.58. The average Bonchev–Trinajstić information content (AvgIpc) is 2.19. The standard InChI is InChI=1S/C8H16O7/c1-4(10)15-8(3-9)7(13)6(12)5(11)2-14-8/h4-7,9-13H,2-3H2,1H3/t4?,5-,6-,7+,8+/m1/s1. The van der Waals surface area contributed by atoms with Gasteiger partial charge < -0.3 is 35.0 Å². The van der Waals surface area contributed by atoms with Crippen LogP contribution < -0.4 is 0 Å². The molecule has 1 saturated heterocycles. The van der Waals surface area contributed by atoms with Crippen molar-refractivity contribution in [3.8, 4) is 0 Å². The summed E-state index contributed by atoms with van der Waals surface area (Å²) in [6.45, 7) is 0.221. The van der Waals surface area contributed by atoms with Gasteiger partial charge in [0, 0.05) is 0 Å². The van der Waals surface area contributed by atoms with E-state index in [-0.39, 0.29) is 6.61 Å². The molecule has 0 amide bonds. The summed E-state index contributed by atoms with van der Waals surface area (Å²) in [7, 11) is 0. The SMILES string of the molecule is CC(O)O[C@]1(CO)OC[C@@H](O)[C@@H](O)[C@@H]1O. The van der Waals surface area contributed by atoms with E-state index in [9.17, 15) is 15.3 Å². The monoisotopic (exact) mass is 224 g/mol. The van der Waals surface area contributed by atoms with E-state index in [2.05, 4.69) is 0 Å². The summed E-state index contributed by atoms with van der Waals surface area (Å²) in [5, 5.41) is 46.2. The molecule has 0 aromatic rings. The quantitative estimate of drug-likeness (QED) is 0.327. The second-order valence-corrected chi connectivity index (χ2v) is 3.50. The molecule has 0 saturated carbocycles. The van der Waals surface area contributed by atoms with Crippen LogP contribution in [0.3, 0.4) is 0 Å². The van der Waals surface area contributed by atoms with Gasteiger partial charge in [-0.2, -0.15) is 0 Å². The summed E-state index contributed by atoms with van der Waals surface area (Å²) < 4.78 is 9.75. The summed E-state index contributed by atoms with van der Waals surface area (Å²) >= 11 is 0. The number of aliphatic hydroxyl groups excluding tert-OH is 5. The number of rotatable bonds is 3. The molecule has 1 heterocycles. The van der Waals surface area contributed by atoms with E-state index in [0.717, 1.165) is 0 Å². The molecule has 0 radical (unpaired) electrons. The molecule has 1 aliphatic heterocycles. The molecule has 90 valence electrons. The third-order valence-corrected chi connectivity index (χ3v) is 2.26. The largest absolute Gasteiger partial charge is 0.391 e. The molecular formula is C8H16O7. The molecule has 0 bridgehead atoms. The van der Waals surface area contributed by atoms with Crippen LogP contribution >= 0.6 is 0 Å². The van der Waals surface area contributed by atoms with Crippen molar-refractivity contribution in [1.82, 2.24) is 0 Å². The van der Waals surface area contributed by atoms with E-state index in [1.165, 1.54) is 6.92 Å². The van der Waals surface area contributed by atoms with Crippen LogP contribution in [0.5, 0.6) is 0 Å². The van der Waals surface area contributed by atoms with Crippen LogP contribution in [0.1, 0.15) is 6.92 Å². The van der Waals surface area contributed by atoms with Gasteiger partial charge in [0.05, 0.1) is 6.61 Å². The Kier molecular flexibility index (Phi) is 4.01. The first-order valence-electron chi connectivity index (χ1n) is 4.58. The van der Waals surface area contributed by atoms with Gasteiger partial charge in [-0.05, 0) is 6.92 Å². The Morgan fingerprint density at radius 1 is 1.47 bits per heavy atom. The highest BCUT2D eigenvalue weighted by atomic mass is 16.8. The lowest BCUT2D eigenvalue weighted by atomic mass is 9.97. The molecule has 5 N–H and O–H groups in total. The molecule has 1 fully saturated rings. The van der Waals surface area contributed by atoms with Gasteiger partial charge >= 0.3 is 0 Å². The molecule has 1 aliphatic rings. The van der Waals surface area contributed by atoms with Crippen LogP contribution in [0, 0.1) is 0 Å². The Hall–Kier alpha value is -0.280. The molecule has 15 heavy (non-hydrogen) atoms. The van der Waals surface area contributed by atoms with Crippen molar-refractivity contribution in [2.75, 3.05) is 13.2 Å². The Morgan fingerprint density at radius 2 is 2.07 bits per heavy atom. The van der Waals surface area contributed by atoms with Crippen molar-refractivity contribution in [2.45, 2.75) is 37.3 Å². The lowest BCUT2D eigenvalue weighted by Crippen LogP contribution is -2.64. The van der Waals surface area contributed by atoms with Gasteiger partial charge in [-0.25, -0.2) is 0 Å². The molecular weight excluding hydrogens is 208 g/mol. The maximum Gasteiger partial charge on any atom is 0.223 e. The van der Waals surface area contributed by atoms with Crippen molar-refractivity contribution in [3.05, 3.63) is 0 Å². The molecule has 1 rings (SSSR count). The molecule has 7 heteroatoms. The normalized spacial score (nSPS) is 44.0. The third kappa shape index (κ3) is 2.45. The Morgan fingerprint density at radius 3 is 2.53 bits per heavy atom. The highest BCUT2D eigenvalue weighted by molar-refractivity contribution is 4.92. The first-order chi connectivity index (χ1) is 6.93. The Labute approximate surface area is 86.5 Å². The lowest BCUT2D eigenvalue weighted by molar-refractivity contribution is -0.378. The van der Waals surface area contributed by atoms with Crippen molar-refractivity contribution in [1.29, 1.82) is 0 Å². The summed E-state index contributed by atoms with van der Waals surface area (Å²) in [6, 6.07) is 0. The summed E-state index contributed by atoms with van der Waals surface area (Å²) in [5.41, 5.74) is 0. The van der Waals surface area contributed by atoms with Crippen LogP contribution in [0.4, 0.5) is 0 Å². The van der Waals surface area contributed by atoms with Gasteiger partial charge in [-0.15, -0.1) is 0 Å². The first kappa shape index (κ1) is 12.8. The van der Waals surface area contributed by atoms with Crippen LogP contribution in [0.2, 0.25) is 0 Å². The van der Waals surface area contributed by atoms with Crippen LogP contribution in [-0.2, 0) is 9.47 Å². The molecule has 7 nitrogen and oxygen atoms in total. The van der Waals surface area contributed by atoms with Crippen LogP contribution in [-0.4, -0.2) is 69.1 Å². The summed E-state index contributed by atoms with van der Waals surface area (Å²) in [4.78, 5) is 0. The molecule has 5 atom stereocenters. The number of hydrogen-bond acceptors (Lipinski definition) is 7. The maximum absolute atomic E-state index is 9.58. The number of hydrogen-bond donors (Lipinski definition) is 5. The van der Waals surface area contributed by atoms with Gasteiger partial charge in [0.2, 0.25) is 5.79 Å². The van der Waals surface area contributed by atoms with E-state index >= 15 is 0 Å². The smallest absolute Gasteiger partial charge is 0.223 e. The number of ether oxygens (including phenoxy) is 2. The second kappa shape index (κ2) is 4.71. The minimum absolute atomic E-state index is 0.300. The van der Waals surface area contributed by atoms with Gasteiger partial charge in [-0.3, -0.25) is 0 Å². The van der Waals surface area contributed by atoms with Crippen molar-refractivity contribution >= 4 is 0 Å². The first-order valence-corrected chi connectivity index (χ1v) is 4.58. The topological polar surface area (TPSA) is 120 Å². The van der Waals surface area contributed by atoms with E-state index in [4.69, 9.17) is 19.7 Å². The Bertz CT molecular complexity index is 209. The molecule has 0 aliphatic carbocycles. The minimum atomic E-state index is -1.90. The highest BCUT2D eigenvalue weighted by Crippen LogP contribution is 2.28. The van der Waals surface area contributed by atoms with Crippen molar-refractivity contribution in [3.63, 3.8) is 0 Å². The van der Waals surface area contributed by atoms with E-state index in [1.807, 2.05) is 0 Å². The van der Waals surface area contributed by atoms with Gasteiger partial charge in [0.15, 0.2) is 6.29 Å². The zero-order valence-corrected chi connectivity index (χ0v) is 8.28. The Balaban J connectivity index is 2.80. The zero-order valence-electron chi connectivity index (χ0n) is 8.28. The van der Waals surface area contributed by atoms with E-state index < -0.39 is 37.0 Å². The lowest BCUT2D eigenvalue weighted by Gasteiger charge is -2.44. The predicted molar refractivity (Wildman–Crippen MR) is 46.6 cm³/mol. The fraction of sp³-hybridized carbons (Fsp3) is 1.00. The number of aliphatic hydroxyl groups is 5. The zero-order chi connectivity index (χ0) is 11.6. The second-order valence-electron chi connectivity index (χ2n) is 3.50. The summed E-state index contributed by atoms with van der Waals surface area (Å²) in [6.07, 6.45) is -5.67. The van der Waals surface area contributed by atoms with Crippen LogP contribution in [0.15, 0.2) is 0 Å². The predicted octanol–water partition coefficient (Wildman–Crippen LogP) is -2.86. The molecule has 0 aromatic heterocycles. The van der Waals surface area contributed by atoms with Gasteiger partial charge in [0.1, 0.15) is 24.9 Å². The molecule has 0 spiro atoms. The molecule has 0 aromatic carbocycles. The van der Waals surface area contributed by atoms with Gasteiger partial charge in [-0.1, -0.05) is 0 Å². The average molecular weight is 224 g/mol. The van der Waals surface area contributed by atoms with Crippen molar-refractivity contribution < 1.29 is 35.0 Å². The minimum Gasteiger partial charge on any atom is -0.391 e. The fourth-order valence-corrected chi connectivity index (χ4v) is 1.45. The highest BCUT2D eigenvalue weighted by Gasteiger charge is 2.51.